The number of carbonyl (C=O) groups excluding carboxylic acids is 1. The van der Waals surface area contributed by atoms with Crippen molar-refractivity contribution in [2.45, 2.75) is 39.5 Å². The fraction of sp³-hybridized carbons (Fsp3) is 0.350. The Kier molecular flexibility index (Phi) is 6.21. The summed E-state index contributed by atoms with van der Waals surface area (Å²) in [7, 11) is -3.64. The van der Waals surface area contributed by atoms with Gasteiger partial charge >= 0.3 is 0 Å². The zero-order valence-electron chi connectivity index (χ0n) is 16.0. The molecule has 0 aliphatic carbocycles. The van der Waals surface area contributed by atoms with Crippen LogP contribution in [-0.2, 0) is 14.8 Å². The maximum absolute atomic E-state index is 12.7. The van der Waals surface area contributed by atoms with E-state index in [1.165, 1.54) is 6.92 Å². The zero-order chi connectivity index (χ0) is 19.5. The number of hydrogen-bond donors (Lipinski definition) is 1. The molecule has 2 aromatic rings. The SMILES string of the molecule is CC(=O)N(CCNS(=O)(=O)c1c(C)cc(C)cc1C)c1ccc(C)cc1. The van der Waals surface area contributed by atoms with Gasteiger partial charge in [-0.25, -0.2) is 13.1 Å². The maximum atomic E-state index is 12.7. The Morgan fingerprint density at radius 3 is 2.00 bits per heavy atom. The highest BCUT2D eigenvalue weighted by Crippen LogP contribution is 2.21. The van der Waals surface area contributed by atoms with E-state index in [1.807, 2.05) is 50.2 Å². The number of sulfonamides is 1. The molecule has 1 N–H and O–H groups in total. The van der Waals surface area contributed by atoms with Gasteiger partial charge in [-0.2, -0.15) is 0 Å². The summed E-state index contributed by atoms with van der Waals surface area (Å²) >= 11 is 0. The lowest BCUT2D eigenvalue weighted by Crippen LogP contribution is -2.37. The van der Waals surface area contributed by atoms with Gasteiger partial charge in [-0.15, -0.1) is 0 Å². The second kappa shape index (κ2) is 8.01. The molecule has 26 heavy (non-hydrogen) atoms. The van der Waals surface area contributed by atoms with Gasteiger partial charge in [0, 0.05) is 25.7 Å². The van der Waals surface area contributed by atoms with Crippen LogP contribution in [0, 0.1) is 27.7 Å². The minimum atomic E-state index is -3.64. The molecule has 0 fully saturated rings. The van der Waals surface area contributed by atoms with Crippen LogP contribution in [0.5, 0.6) is 0 Å². The Morgan fingerprint density at radius 2 is 1.50 bits per heavy atom. The van der Waals surface area contributed by atoms with Gasteiger partial charge in [0.1, 0.15) is 0 Å². The van der Waals surface area contributed by atoms with Crippen molar-refractivity contribution in [2.75, 3.05) is 18.0 Å². The van der Waals surface area contributed by atoms with Gasteiger partial charge in [-0.3, -0.25) is 4.79 Å². The second-order valence-electron chi connectivity index (χ2n) is 6.63. The first-order valence-electron chi connectivity index (χ1n) is 8.54. The molecule has 2 rings (SSSR count). The highest BCUT2D eigenvalue weighted by Gasteiger charge is 2.20. The van der Waals surface area contributed by atoms with Crippen molar-refractivity contribution in [1.82, 2.24) is 4.72 Å². The molecule has 0 aliphatic heterocycles. The van der Waals surface area contributed by atoms with Crippen LogP contribution in [0.1, 0.15) is 29.2 Å². The molecule has 5 nitrogen and oxygen atoms in total. The number of anilines is 1. The first-order chi connectivity index (χ1) is 12.1. The maximum Gasteiger partial charge on any atom is 0.241 e. The summed E-state index contributed by atoms with van der Waals surface area (Å²) in [5.41, 5.74) is 4.32. The summed E-state index contributed by atoms with van der Waals surface area (Å²) < 4.78 is 28.0. The minimum absolute atomic E-state index is 0.129. The van der Waals surface area contributed by atoms with Gasteiger partial charge in [0.25, 0.3) is 0 Å². The molecule has 6 heteroatoms. The van der Waals surface area contributed by atoms with Crippen LogP contribution >= 0.6 is 0 Å². The fourth-order valence-electron chi connectivity index (χ4n) is 3.15. The van der Waals surface area contributed by atoms with Crippen LogP contribution in [0.25, 0.3) is 0 Å². The van der Waals surface area contributed by atoms with Crippen LogP contribution < -0.4 is 9.62 Å². The third kappa shape index (κ3) is 4.71. The van der Waals surface area contributed by atoms with E-state index in [9.17, 15) is 13.2 Å². The average molecular weight is 375 g/mol. The molecule has 140 valence electrons. The number of benzene rings is 2. The van der Waals surface area contributed by atoms with Gasteiger partial charge < -0.3 is 4.90 Å². The summed E-state index contributed by atoms with van der Waals surface area (Å²) in [5, 5.41) is 0. The number of nitrogens with one attached hydrogen (secondary N) is 1. The van der Waals surface area contributed by atoms with E-state index < -0.39 is 10.0 Å². The van der Waals surface area contributed by atoms with Crippen molar-refractivity contribution in [1.29, 1.82) is 0 Å². The predicted molar refractivity (Wildman–Crippen MR) is 105 cm³/mol. The molecule has 1 amide bonds. The molecule has 0 spiro atoms. The van der Waals surface area contributed by atoms with Crippen molar-refractivity contribution >= 4 is 21.6 Å². The normalized spacial score (nSPS) is 11.4. The van der Waals surface area contributed by atoms with Gasteiger partial charge in [-0.05, 0) is 51.0 Å². The molecule has 0 heterocycles. The molecular formula is C20H26N2O3S. The number of amides is 1. The van der Waals surface area contributed by atoms with E-state index >= 15 is 0 Å². The molecule has 0 radical (unpaired) electrons. The Balaban J connectivity index is 2.14. The molecular weight excluding hydrogens is 348 g/mol. The average Bonchev–Trinajstić information content (AvgIpc) is 2.51. The van der Waals surface area contributed by atoms with Crippen LogP contribution in [0.3, 0.4) is 0 Å². The van der Waals surface area contributed by atoms with Gasteiger partial charge in [0.05, 0.1) is 4.90 Å². The second-order valence-corrected chi connectivity index (χ2v) is 8.34. The number of rotatable bonds is 6. The van der Waals surface area contributed by atoms with Gasteiger partial charge in [0.15, 0.2) is 0 Å². The van der Waals surface area contributed by atoms with Crippen molar-refractivity contribution in [2.24, 2.45) is 0 Å². The predicted octanol–water partition coefficient (Wildman–Crippen LogP) is 3.25. The third-order valence-electron chi connectivity index (χ3n) is 4.23. The van der Waals surface area contributed by atoms with Crippen LogP contribution in [0.2, 0.25) is 0 Å². The van der Waals surface area contributed by atoms with E-state index in [2.05, 4.69) is 4.72 Å². The summed E-state index contributed by atoms with van der Waals surface area (Å²) in [5.74, 6) is -0.129. The summed E-state index contributed by atoms with van der Waals surface area (Å²) in [6, 6.07) is 11.3. The van der Waals surface area contributed by atoms with E-state index in [4.69, 9.17) is 0 Å². The smallest absolute Gasteiger partial charge is 0.241 e. The van der Waals surface area contributed by atoms with Crippen molar-refractivity contribution in [3.8, 4) is 0 Å². The molecule has 0 unspecified atom stereocenters. The molecule has 0 aliphatic rings. The molecule has 0 bridgehead atoms. The van der Waals surface area contributed by atoms with Crippen LogP contribution in [-0.4, -0.2) is 27.4 Å². The Hall–Kier alpha value is -2.18. The molecule has 0 saturated carbocycles. The molecule has 0 atom stereocenters. The monoisotopic (exact) mass is 374 g/mol. The third-order valence-corrected chi connectivity index (χ3v) is 5.99. The number of hydrogen-bond acceptors (Lipinski definition) is 3. The molecule has 2 aromatic carbocycles. The van der Waals surface area contributed by atoms with E-state index in [-0.39, 0.29) is 19.0 Å². The first kappa shape index (κ1) is 20.1. The number of carbonyl (C=O) groups is 1. The minimum Gasteiger partial charge on any atom is -0.311 e. The lowest BCUT2D eigenvalue weighted by atomic mass is 10.1. The highest BCUT2D eigenvalue weighted by atomic mass is 32.2. The van der Waals surface area contributed by atoms with Gasteiger partial charge in [-0.1, -0.05) is 35.4 Å². The lowest BCUT2D eigenvalue weighted by molar-refractivity contribution is -0.116. The largest absolute Gasteiger partial charge is 0.311 e. The summed E-state index contributed by atoms with van der Waals surface area (Å²) in [6.45, 7) is 9.39. The summed E-state index contributed by atoms with van der Waals surface area (Å²) in [4.78, 5) is 13.8. The van der Waals surface area contributed by atoms with Crippen LogP contribution in [0.4, 0.5) is 5.69 Å². The Bertz CT molecular complexity index is 880. The van der Waals surface area contributed by atoms with E-state index in [0.717, 1.165) is 27.9 Å². The van der Waals surface area contributed by atoms with Crippen LogP contribution in [0.15, 0.2) is 41.3 Å². The molecule has 0 saturated heterocycles. The highest BCUT2D eigenvalue weighted by molar-refractivity contribution is 7.89. The van der Waals surface area contributed by atoms with Crippen molar-refractivity contribution in [3.63, 3.8) is 0 Å². The number of aryl methyl sites for hydroxylation is 4. The van der Waals surface area contributed by atoms with Crippen molar-refractivity contribution < 1.29 is 13.2 Å². The standard InChI is InChI=1S/C20H26N2O3S/c1-14-6-8-19(9-7-14)22(18(5)23)11-10-21-26(24,25)20-16(3)12-15(2)13-17(20)4/h6-9,12-13,21H,10-11H2,1-5H3. The zero-order valence-corrected chi connectivity index (χ0v) is 16.8. The first-order valence-corrected chi connectivity index (χ1v) is 10.0. The Morgan fingerprint density at radius 1 is 0.962 bits per heavy atom. The topological polar surface area (TPSA) is 66.5 Å². The fourth-order valence-corrected chi connectivity index (χ4v) is 4.62. The molecule has 0 aromatic heterocycles. The quantitative estimate of drug-likeness (QED) is 0.844. The van der Waals surface area contributed by atoms with E-state index in [0.29, 0.717) is 4.90 Å². The Labute approximate surface area is 156 Å². The lowest BCUT2D eigenvalue weighted by Gasteiger charge is -2.22. The summed E-state index contributed by atoms with van der Waals surface area (Å²) in [6.07, 6.45) is 0. The van der Waals surface area contributed by atoms with E-state index in [1.54, 1.807) is 18.7 Å². The van der Waals surface area contributed by atoms with Gasteiger partial charge in [0.2, 0.25) is 15.9 Å². The number of nitrogens with zero attached hydrogens (tertiary/aromatic N) is 1. The van der Waals surface area contributed by atoms with Crippen molar-refractivity contribution in [3.05, 3.63) is 58.7 Å².